The Hall–Kier alpha value is -1.42. The Morgan fingerprint density at radius 2 is 2.00 bits per heavy atom. The van der Waals surface area contributed by atoms with E-state index in [2.05, 4.69) is 48.5 Å². The third kappa shape index (κ3) is 2.85. The number of aryl methyl sites for hydroxylation is 1. The molecule has 0 atom stereocenters. The van der Waals surface area contributed by atoms with Crippen LogP contribution in [0.25, 0.3) is 10.2 Å². The number of carbonyl (C=O) groups is 1. The van der Waals surface area contributed by atoms with E-state index in [-0.39, 0.29) is 11.8 Å². The molecule has 108 valence electrons. The van der Waals surface area contributed by atoms with Crippen LogP contribution in [0.4, 0.5) is 0 Å². The van der Waals surface area contributed by atoms with Crippen molar-refractivity contribution < 1.29 is 4.79 Å². The van der Waals surface area contributed by atoms with Gasteiger partial charge in [-0.15, -0.1) is 0 Å². The number of carbonyl (C=O) groups excluding carboxylic acids is 1. The van der Waals surface area contributed by atoms with Gasteiger partial charge in [0.25, 0.3) is 5.91 Å². The van der Waals surface area contributed by atoms with Crippen LogP contribution < -0.4 is 4.80 Å². The van der Waals surface area contributed by atoms with Crippen LogP contribution in [0.1, 0.15) is 46.1 Å². The molecule has 0 aliphatic rings. The van der Waals surface area contributed by atoms with Crippen molar-refractivity contribution in [2.45, 2.75) is 47.1 Å². The molecule has 0 bridgehead atoms. The predicted molar refractivity (Wildman–Crippen MR) is 85.0 cm³/mol. The highest BCUT2D eigenvalue weighted by Crippen LogP contribution is 2.23. The Bertz CT molecular complexity index is 692. The van der Waals surface area contributed by atoms with E-state index in [4.69, 9.17) is 0 Å². The smallest absolute Gasteiger partial charge is 0.250 e. The van der Waals surface area contributed by atoms with Crippen LogP contribution in [0.3, 0.4) is 0 Å². The van der Waals surface area contributed by atoms with Crippen molar-refractivity contribution in [2.24, 2.45) is 10.9 Å². The van der Waals surface area contributed by atoms with E-state index in [9.17, 15) is 4.79 Å². The summed E-state index contributed by atoms with van der Waals surface area (Å²) < 4.78 is 3.32. The second-order valence-electron chi connectivity index (χ2n) is 5.62. The number of fused-ring (bicyclic) bond motifs is 1. The number of hydrogen-bond donors (Lipinski definition) is 0. The highest BCUT2D eigenvalue weighted by molar-refractivity contribution is 7.16. The van der Waals surface area contributed by atoms with Crippen LogP contribution in [0.2, 0.25) is 0 Å². The van der Waals surface area contributed by atoms with Gasteiger partial charge in [0.15, 0.2) is 4.80 Å². The van der Waals surface area contributed by atoms with E-state index in [1.54, 1.807) is 11.3 Å². The summed E-state index contributed by atoms with van der Waals surface area (Å²) >= 11 is 1.60. The average molecular weight is 290 g/mol. The molecule has 4 heteroatoms. The topological polar surface area (TPSA) is 34.4 Å². The van der Waals surface area contributed by atoms with Crippen molar-refractivity contribution in [3.05, 3.63) is 28.6 Å². The molecule has 0 saturated heterocycles. The second kappa shape index (κ2) is 5.92. The minimum Gasteiger partial charge on any atom is -0.317 e. The zero-order valence-corrected chi connectivity index (χ0v) is 13.6. The largest absolute Gasteiger partial charge is 0.317 e. The van der Waals surface area contributed by atoms with Gasteiger partial charge in [-0.05, 0) is 30.5 Å². The molecule has 20 heavy (non-hydrogen) atoms. The van der Waals surface area contributed by atoms with Crippen molar-refractivity contribution in [1.82, 2.24) is 4.57 Å². The molecule has 2 aromatic rings. The lowest BCUT2D eigenvalue weighted by molar-refractivity contribution is -0.120. The quantitative estimate of drug-likeness (QED) is 0.843. The normalized spacial score (nSPS) is 12.8. The summed E-state index contributed by atoms with van der Waals surface area (Å²) in [6.07, 6.45) is 0. The van der Waals surface area contributed by atoms with Gasteiger partial charge in [0.05, 0.1) is 10.2 Å². The number of rotatable bonds is 3. The van der Waals surface area contributed by atoms with Gasteiger partial charge < -0.3 is 4.57 Å². The van der Waals surface area contributed by atoms with Crippen molar-refractivity contribution in [3.63, 3.8) is 0 Å². The lowest BCUT2D eigenvalue weighted by Gasteiger charge is -2.05. The minimum atomic E-state index is -0.0586. The van der Waals surface area contributed by atoms with E-state index in [1.807, 2.05) is 13.8 Å². The lowest BCUT2D eigenvalue weighted by atomic mass is 10.0. The van der Waals surface area contributed by atoms with Crippen molar-refractivity contribution in [1.29, 1.82) is 0 Å². The third-order valence-corrected chi connectivity index (χ3v) is 4.43. The van der Waals surface area contributed by atoms with Crippen LogP contribution in [0.15, 0.2) is 23.2 Å². The Morgan fingerprint density at radius 3 is 2.55 bits per heavy atom. The van der Waals surface area contributed by atoms with E-state index in [1.165, 1.54) is 10.3 Å². The van der Waals surface area contributed by atoms with Crippen molar-refractivity contribution >= 4 is 27.5 Å². The van der Waals surface area contributed by atoms with Gasteiger partial charge in [-0.3, -0.25) is 4.79 Å². The molecule has 0 fully saturated rings. The fourth-order valence-corrected chi connectivity index (χ4v) is 3.21. The van der Waals surface area contributed by atoms with Crippen molar-refractivity contribution in [2.75, 3.05) is 0 Å². The van der Waals surface area contributed by atoms with E-state index >= 15 is 0 Å². The zero-order valence-electron chi connectivity index (χ0n) is 12.8. The molecule has 0 spiro atoms. The van der Waals surface area contributed by atoms with E-state index in [0.29, 0.717) is 5.92 Å². The first-order chi connectivity index (χ1) is 9.43. The molecule has 1 aromatic carbocycles. The summed E-state index contributed by atoms with van der Waals surface area (Å²) in [7, 11) is 0. The number of benzene rings is 1. The Balaban J connectivity index is 2.64. The molecule has 0 N–H and O–H groups in total. The first kappa shape index (κ1) is 15.0. The second-order valence-corrected chi connectivity index (χ2v) is 6.62. The highest BCUT2D eigenvalue weighted by Gasteiger charge is 2.10. The number of aromatic nitrogens is 1. The van der Waals surface area contributed by atoms with Gasteiger partial charge in [0.1, 0.15) is 0 Å². The van der Waals surface area contributed by atoms with Crippen LogP contribution >= 0.6 is 11.3 Å². The zero-order chi connectivity index (χ0) is 14.9. The van der Waals surface area contributed by atoms with Gasteiger partial charge in [0.2, 0.25) is 0 Å². The summed E-state index contributed by atoms with van der Waals surface area (Å²) in [5.41, 5.74) is 2.49. The summed E-state index contributed by atoms with van der Waals surface area (Å²) in [6, 6.07) is 6.53. The summed E-state index contributed by atoms with van der Waals surface area (Å²) in [6.45, 7) is 11.1. The van der Waals surface area contributed by atoms with Gasteiger partial charge in [-0.1, -0.05) is 45.1 Å². The molecule has 0 aliphatic heterocycles. The van der Waals surface area contributed by atoms with E-state index < -0.39 is 0 Å². The van der Waals surface area contributed by atoms with Gasteiger partial charge in [0, 0.05) is 12.5 Å². The molecule has 0 aliphatic carbocycles. The highest BCUT2D eigenvalue weighted by atomic mass is 32.1. The molecule has 1 aromatic heterocycles. The number of nitrogens with zero attached hydrogens (tertiary/aromatic N) is 2. The first-order valence-corrected chi connectivity index (χ1v) is 7.97. The fourth-order valence-electron chi connectivity index (χ4n) is 2.06. The SMILES string of the molecule is CCn1c(=NC(=O)C(C)C)sc2cc(C(C)C)ccc21. The van der Waals surface area contributed by atoms with Gasteiger partial charge in [-0.2, -0.15) is 4.99 Å². The summed E-state index contributed by atoms with van der Waals surface area (Å²) in [5.74, 6) is 0.397. The molecule has 0 unspecified atom stereocenters. The minimum absolute atomic E-state index is 0.0529. The molecular formula is C16H22N2OS. The molecule has 1 heterocycles. The van der Waals surface area contributed by atoms with Gasteiger partial charge in [-0.25, -0.2) is 0 Å². The maximum absolute atomic E-state index is 11.9. The van der Waals surface area contributed by atoms with Crippen molar-refractivity contribution in [3.8, 4) is 0 Å². The summed E-state index contributed by atoms with van der Waals surface area (Å²) in [5, 5.41) is 0. The average Bonchev–Trinajstić information content (AvgIpc) is 2.74. The molecule has 0 saturated carbocycles. The maximum atomic E-state index is 11.9. The Labute approximate surface area is 124 Å². The van der Waals surface area contributed by atoms with Crippen LogP contribution in [-0.4, -0.2) is 10.5 Å². The molecule has 1 amide bonds. The molecule has 2 rings (SSSR count). The monoisotopic (exact) mass is 290 g/mol. The maximum Gasteiger partial charge on any atom is 0.250 e. The summed E-state index contributed by atoms with van der Waals surface area (Å²) in [4.78, 5) is 17.0. The van der Waals surface area contributed by atoms with Crippen LogP contribution in [0, 0.1) is 5.92 Å². The number of hydrogen-bond acceptors (Lipinski definition) is 2. The molecular weight excluding hydrogens is 268 g/mol. The first-order valence-electron chi connectivity index (χ1n) is 7.15. The standard InChI is InChI=1S/C16H22N2OS/c1-6-18-13-8-7-12(10(2)3)9-14(13)20-16(18)17-15(19)11(4)5/h7-11H,6H2,1-5H3. The third-order valence-electron chi connectivity index (χ3n) is 3.39. The van der Waals surface area contributed by atoms with E-state index in [0.717, 1.165) is 16.9 Å². The Kier molecular flexibility index (Phi) is 4.43. The lowest BCUT2D eigenvalue weighted by Crippen LogP contribution is -2.17. The predicted octanol–water partition coefficient (Wildman–Crippen LogP) is 3.93. The van der Waals surface area contributed by atoms with Gasteiger partial charge >= 0.3 is 0 Å². The molecule has 0 radical (unpaired) electrons. The number of thiazole rings is 1. The van der Waals surface area contributed by atoms with Crippen LogP contribution in [-0.2, 0) is 11.3 Å². The van der Waals surface area contributed by atoms with Crippen LogP contribution in [0.5, 0.6) is 0 Å². The number of amides is 1. The molecule has 3 nitrogen and oxygen atoms in total. The Morgan fingerprint density at radius 1 is 1.30 bits per heavy atom. The fraction of sp³-hybridized carbons (Fsp3) is 0.500.